The van der Waals surface area contributed by atoms with Crippen molar-refractivity contribution in [2.75, 3.05) is 11.9 Å². The molecular formula is C21H21ClN4O2S. The molecule has 0 aliphatic heterocycles. The molecule has 29 heavy (non-hydrogen) atoms. The van der Waals surface area contributed by atoms with Gasteiger partial charge in [0.05, 0.1) is 22.0 Å². The van der Waals surface area contributed by atoms with Crippen LogP contribution in [0.5, 0.6) is 0 Å². The number of nitrogens with one attached hydrogen (secondary N) is 1. The molecule has 1 heterocycles. The summed E-state index contributed by atoms with van der Waals surface area (Å²) in [6.07, 6.45) is 0.870. The lowest BCUT2D eigenvalue weighted by atomic mass is 10.1. The van der Waals surface area contributed by atoms with Crippen molar-refractivity contribution in [1.82, 2.24) is 9.97 Å². The molecule has 6 nitrogen and oxygen atoms in total. The van der Waals surface area contributed by atoms with Crippen molar-refractivity contribution >= 4 is 38.3 Å². The summed E-state index contributed by atoms with van der Waals surface area (Å²) < 4.78 is 26.4. The molecular weight excluding hydrogens is 408 g/mol. The lowest BCUT2D eigenvalue weighted by molar-refractivity contribution is 0.589. The van der Waals surface area contributed by atoms with Gasteiger partial charge >= 0.3 is 0 Å². The summed E-state index contributed by atoms with van der Waals surface area (Å²) in [5.74, 6) is 0.775. The van der Waals surface area contributed by atoms with Crippen LogP contribution in [-0.4, -0.2) is 24.9 Å². The number of anilines is 1. The lowest BCUT2D eigenvalue weighted by Crippen LogP contribution is -2.18. The summed E-state index contributed by atoms with van der Waals surface area (Å²) in [5.41, 5.74) is 1.26. The number of halogens is 1. The van der Waals surface area contributed by atoms with Gasteiger partial charge in [0, 0.05) is 11.6 Å². The second kappa shape index (κ2) is 8.76. The Morgan fingerprint density at radius 3 is 2.28 bits per heavy atom. The normalized spacial score (nSPS) is 12.7. The second-order valence-electron chi connectivity index (χ2n) is 7.06. The number of aromatic nitrogens is 2. The Hall–Kier alpha value is -2.69. The number of fused-ring (bicyclic) bond motifs is 1. The number of benzene rings is 2. The molecule has 0 aliphatic rings. The third-order valence-corrected chi connectivity index (χ3v) is 6.56. The molecule has 0 fully saturated rings. The third kappa shape index (κ3) is 4.66. The summed E-state index contributed by atoms with van der Waals surface area (Å²) >= 11 is 5.87. The average molecular weight is 429 g/mol. The van der Waals surface area contributed by atoms with E-state index in [0.717, 1.165) is 6.42 Å². The van der Waals surface area contributed by atoms with E-state index in [1.54, 1.807) is 18.2 Å². The quantitative estimate of drug-likeness (QED) is 0.581. The first kappa shape index (κ1) is 21.0. The SMILES string of the molecule is CC(C)CCNc1nc2ccccc2nc1[C@H](C#N)S(=O)(=O)c1ccc(Cl)cc1. The molecule has 1 N–H and O–H groups in total. The molecule has 0 saturated heterocycles. The smallest absolute Gasteiger partial charge is 0.200 e. The maximum atomic E-state index is 13.2. The highest BCUT2D eigenvalue weighted by molar-refractivity contribution is 7.92. The van der Waals surface area contributed by atoms with Gasteiger partial charge in [-0.25, -0.2) is 18.4 Å². The maximum Gasteiger partial charge on any atom is 0.200 e. The van der Waals surface area contributed by atoms with Gasteiger partial charge in [-0.05, 0) is 48.7 Å². The Morgan fingerprint density at radius 1 is 1.07 bits per heavy atom. The van der Waals surface area contributed by atoms with E-state index in [9.17, 15) is 13.7 Å². The van der Waals surface area contributed by atoms with Crippen LogP contribution in [0.3, 0.4) is 0 Å². The highest BCUT2D eigenvalue weighted by Gasteiger charge is 2.33. The summed E-state index contributed by atoms with van der Waals surface area (Å²) in [5, 5.41) is 11.9. The number of nitrogens with zero attached hydrogens (tertiary/aromatic N) is 3. The Labute approximate surface area is 175 Å². The molecule has 2 aromatic carbocycles. The zero-order chi connectivity index (χ0) is 21.0. The van der Waals surface area contributed by atoms with E-state index in [1.807, 2.05) is 12.1 Å². The van der Waals surface area contributed by atoms with Crippen LogP contribution in [0.4, 0.5) is 5.82 Å². The highest BCUT2D eigenvalue weighted by Crippen LogP contribution is 2.32. The summed E-state index contributed by atoms with van der Waals surface area (Å²) in [6, 6.07) is 14.8. The zero-order valence-corrected chi connectivity index (χ0v) is 17.7. The van der Waals surface area contributed by atoms with Crippen molar-refractivity contribution in [2.45, 2.75) is 30.4 Å². The van der Waals surface area contributed by atoms with E-state index in [-0.39, 0.29) is 10.6 Å². The minimum Gasteiger partial charge on any atom is -0.368 e. The van der Waals surface area contributed by atoms with Gasteiger partial charge < -0.3 is 5.32 Å². The van der Waals surface area contributed by atoms with Crippen LogP contribution >= 0.6 is 11.6 Å². The fourth-order valence-electron chi connectivity index (χ4n) is 2.84. The number of rotatable bonds is 7. The summed E-state index contributed by atoms with van der Waals surface area (Å²) in [7, 11) is -4.02. The Morgan fingerprint density at radius 2 is 1.69 bits per heavy atom. The van der Waals surface area contributed by atoms with Crippen molar-refractivity contribution < 1.29 is 8.42 Å². The Kier molecular flexibility index (Phi) is 6.36. The van der Waals surface area contributed by atoms with Crippen molar-refractivity contribution in [3.63, 3.8) is 0 Å². The molecule has 0 aliphatic carbocycles. The number of para-hydroxylation sites is 2. The molecule has 1 aromatic heterocycles. The van der Waals surface area contributed by atoms with Crippen LogP contribution in [0.15, 0.2) is 53.4 Å². The highest BCUT2D eigenvalue weighted by atomic mass is 35.5. The van der Waals surface area contributed by atoms with Gasteiger partial charge in [0.15, 0.2) is 11.1 Å². The van der Waals surface area contributed by atoms with Gasteiger partial charge in [-0.15, -0.1) is 0 Å². The van der Waals surface area contributed by atoms with E-state index in [0.29, 0.717) is 34.3 Å². The predicted molar refractivity (Wildman–Crippen MR) is 114 cm³/mol. The number of nitriles is 1. The molecule has 0 saturated carbocycles. The van der Waals surface area contributed by atoms with Gasteiger partial charge in [0.1, 0.15) is 5.69 Å². The van der Waals surface area contributed by atoms with Gasteiger partial charge in [-0.1, -0.05) is 37.6 Å². The molecule has 0 amide bonds. The van der Waals surface area contributed by atoms with Crippen molar-refractivity contribution in [3.8, 4) is 6.07 Å². The Bertz CT molecular complexity index is 1160. The molecule has 150 valence electrons. The average Bonchev–Trinajstić information content (AvgIpc) is 2.68. The molecule has 8 heteroatoms. The summed E-state index contributed by atoms with van der Waals surface area (Å²) in [4.78, 5) is 9.06. The standard InChI is InChI=1S/C21H21ClN4O2S/c1-14(2)11-12-24-21-20(25-17-5-3-4-6-18(17)26-21)19(13-23)29(27,28)16-9-7-15(22)8-10-16/h3-10,14,19H,11-12H2,1-2H3,(H,24,26)/t19-/m0/s1. The van der Waals surface area contributed by atoms with Crippen molar-refractivity contribution in [3.05, 3.63) is 59.2 Å². The number of hydrogen-bond donors (Lipinski definition) is 1. The Balaban J connectivity index is 2.11. The van der Waals surface area contributed by atoms with Crippen LogP contribution in [0.25, 0.3) is 11.0 Å². The van der Waals surface area contributed by atoms with E-state index in [4.69, 9.17) is 11.6 Å². The van der Waals surface area contributed by atoms with Crippen LogP contribution in [-0.2, 0) is 9.84 Å². The van der Waals surface area contributed by atoms with Crippen molar-refractivity contribution in [2.24, 2.45) is 5.92 Å². The fraction of sp³-hybridized carbons (Fsp3) is 0.286. The van der Waals surface area contributed by atoms with Gasteiger partial charge in [0.25, 0.3) is 0 Å². The number of hydrogen-bond acceptors (Lipinski definition) is 6. The van der Waals surface area contributed by atoms with E-state index >= 15 is 0 Å². The molecule has 0 bridgehead atoms. The van der Waals surface area contributed by atoms with Crippen LogP contribution in [0.2, 0.25) is 5.02 Å². The lowest BCUT2D eigenvalue weighted by Gasteiger charge is -2.16. The number of sulfone groups is 1. The third-order valence-electron chi connectivity index (χ3n) is 4.43. The minimum absolute atomic E-state index is 0.0107. The molecule has 1 atom stereocenters. The zero-order valence-electron chi connectivity index (χ0n) is 16.1. The first-order valence-corrected chi connectivity index (χ1v) is 11.1. The van der Waals surface area contributed by atoms with Crippen LogP contribution in [0.1, 0.15) is 31.2 Å². The van der Waals surface area contributed by atoms with E-state index in [1.165, 1.54) is 24.3 Å². The predicted octanol–water partition coefficient (Wildman–Crippen LogP) is 4.78. The first-order chi connectivity index (χ1) is 13.8. The first-order valence-electron chi connectivity index (χ1n) is 9.22. The molecule has 0 radical (unpaired) electrons. The molecule has 3 rings (SSSR count). The van der Waals surface area contributed by atoms with Gasteiger partial charge in [-0.2, -0.15) is 5.26 Å². The minimum atomic E-state index is -4.02. The molecule has 0 unspecified atom stereocenters. The van der Waals surface area contributed by atoms with Gasteiger partial charge in [-0.3, -0.25) is 0 Å². The molecule has 0 spiro atoms. The fourth-order valence-corrected chi connectivity index (χ4v) is 4.35. The summed E-state index contributed by atoms with van der Waals surface area (Å²) in [6.45, 7) is 4.78. The molecule has 3 aromatic rings. The van der Waals surface area contributed by atoms with E-state index < -0.39 is 15.1 Å². The maximum absolute atomic E-state index is 13.2. The monoisotopic (exact) mass is 428 g/mol. The second-order valence-corrected chi connectivity index (χ2v) is 9.53. The topological polar surface area (TPSA) is 95.7 Å². The largest absolute Gasteiger partial charge is 0.368 e. The van der Waals surface area contributed by atoms with Crippen LogP contribution < -0.4 is 5.32 Å². The van der Waals surface area contributed by atoms with Crippen LogP contribution in [0, 0.1) is 17.2 Å². The van der Waals surface area contributed by atoms with Crippen molar-refractivity contribution in [1.29, 1.82) is 5.26 Å². The van der Waals surface area contributed by atoms with Gasteiger partial charge in [0.2, 0.25) is 9.84 Å². The van der Waals surface area contributed by atoms with E-state index in [2.05, 4.69) is 29.1 Å².